The number of benzene rings is 1. The van der Waals surface area contributed by atoms with Crippen LogP contribution in [-0.4, -0.2) is 23.5 Å². The van der Waals surface area contributed by atoms with Crippen molar-refractivity contribution in [3.63, 3.8) is 0 Å². The molecule has 5 nitrogen and oxygen atoms in total. The SMILES string of the molecule is CCOC(=O)C1(c2ccc(NC(=O)c3cccc(Br)c3)nc2)CCC1. The Bertz CT molecular complexity index is 786. The summed E-state index contributed by atoms with van der Waals surface area (Å²) in [6.07, 6.45) is 4.21. The highest BCUT2D eigenvalue weighted by molar-refractivity contribution is 9.10. The van der Waals surface area contributed by atoms with E-state index in [0.29, 0.717) is 18.0 Å². The Morgan fingerprint density at radius 1 is 1.28 bits per heavy atom. The number of nitrogens with one attached hydrogen (secondary N) is 1. The van der Waals surface area contributed by atoms with Gasteiger partial charge in [-0.1, -0.05) is 34.5 Å². The van der Waals surface area contributed by atoms with E-state index >= 15 is 0 Å². The molecule has 6 heteroatoms. The van der Waals surface area contributed by atoms with Gasteiger partial charge in [0.1, 0.15) is 5.82 Å². The lowest BCUT2D eigenvalue weighted by molar-refractivity contribution is -0.153. The van der Waals surface area contributed by atoms with Crippen LogP contribution in [-0.2, 0) is 14.9 Å². The van der Waals surface area contributed by atoms with Gasteiger partial charge < -0.3 is 10.1 Å². The molecule has 1 aliphatic carbocycles. The first-order valence-electron chi connectivity index (χ1n) is 8.26. The lowest BCUT2D eigenvalue weighted by Gasteiger charge is -2.39. The number of anilines is 1. The zero-order chi connectivity index (χ0) is 17.9. The van der Waals surface area contributed by atoms with Gasteiger partial charge in [0.2, 0.25) is 0 Å². The summed E-state index contributed by atoms with van der Waals surface area (Å²) in [5, 5.41) is 2.77. The maximum Gasteiger partial charge on any atom is 0.316 e. The first-order chi connectivity index (χ1) is 12.0. The van der Waals surface area contributed by atoms with Crippen LogP contribution in [0.4, 0.5) is 5.82 Å². The Labute approximate surface area is 154 Å². The third-order valence-electron chi connectivity index (χ3n) is 4.52. The van der Waals surface area contributed by atoms with Crippen LogP contribution < -0.4 is 5.32 Å². The van der Waals surface area contributed by atoms with Crippen LogP contribution in [0.2, 0.25) is 0 Å². The molecule has 0 bridgehead atoms. The molecule has 0 radical (unpaired) electrons. The van der Waals surface area contributed by atoms with Crippen molar-refractivity contribution in [2.45, 2.75) is 31.6 Å². The lowest BCUT2D eigenvalue weighted by Crippen LogP contribution is -2.43. The van der Waals surface area contributed by atoms with E-state index in [4.69, 9.17) is 4.74 Å². The van der Waals surface area contributed by atoms with Crippen LogP contribution in [0, 0.1) is 0 Å². The Morgan fingerprint density at radius 2 is 2.08 bits per heavy atom. The number of carbonyl (C=O) groups is 2. The monoisotopic (exact) mass is 402 g/mol. The molecule has 0 saturated heterocycles. The maximum atomic E-state index is 12.3. The van der Waals surface area contributed by atoms with Crippen molar-refractivity contribution in [1.82, 2.24) is 4.98 Å². The first kappa shape index (κ1) is 17.6. The Morgan fingerprint density at radius 3 is 2.64 bits per heavy atom. The van der Waals surface area contributed by atoms with Crippen molar-refractivity contribution in [2.75, 3.05) is 11.9 Å². The van der Waals surface area contributed by atoms with Gasteiger partial charge in [-0.25, -0.2) is 4.98 Å². The molecule has 0 aliphatic heterocycles. The number of esters is 1. The third-order valence-corrected chi connectivity index (χ3v) is 5.01. The van der Waals surface area contributed by atoms with Crippen LogP contribution in [0.1, 0.15) is 42.1 Å². The van der Waals surface area contributed by atoms with Crippen molar-refractivity contribution in [1.29, 1.82) is 0 Å². The first-order valence-corrected chi connectivity index (χ1v) is 9.05. The van der Waals surface area contributed by atoms with Gasteiger partial charge in [-0.05, 0) is 49.6 Å². The lowest BCUT2D eigenvalue weighted by atomic mass is 9.65. The van der Waals surface area contributed by atoms with E-state index < -0.39 is 5.41 Å². The number of ether oxygens (including phenoxy) is 1. The van der Waals surface area contributed by atoms with Gasteiger partial charge in [0.05, 0.1) is 12.0 Å². The van der Waals surface area contributed by atoms with Crippen LogP contribution in [0.5, 0.6) is 0 Å². The van der Waals surface area contributed by atoms with Gasteiger partial charge in [0, 0.05) is 16.2 Å². The zero-order valence-electron chi connectivity index (χ0n) is 13.9. The average Bonchev–Trinajstić information content (AvgIpc) is 2.55. The summed E-state index contributed by atoms with van der Waals surface area (Å²) >= 11 is 3.35. The van der Waals surface area contributed by atoms with Gasteiger partial charge in [-0.15, -0.1) is 0 Å². The van der Waals surface area contributed by atoms with Gasteiger partial charge in [-0.3, -0.25) is 9.59 Å². The smallest absolute Gasteiger partial charge is 0.316 e. The molecule has 3 rings (SSSR count). The van der Waals surface area contributed by atoms with Crippen molar-refractivity contribution < 1.29 is 14.3 Å². The van der Waals surface area contributed by atoms with Crippen molar-refractivity contribution in [3.8, 4) is 0 Å². The van der Waals surface area contributed by atoms with E-state index in [-0.39, 0.29) is 11.9 Å². The van der Waals surface area contributed by atoms with Crippen molar-refractivity contribution in [3.05, 3.63) is 58.2 Å². The molecule has 0 atom stereocenters. The molecule has 1 aromatic carbocycles. The second-order valence-electron chi connectivity index (χ2n) is 6.05. The molecule has 1 saturated carbocycles. The number of amides is 1. The molecule has 2 aromatic rings. The molecule has 0 spiro atoms. The second-order valence-corrected chi connectivity index (χ2v) is 6.97. The summed E-state index contributed by atoms with van der Waals surface area (Å²) < 4.78 is 6.06. The van der Waals surface area contributed by atoms with Crippen LogP contribution >= 0.6 is 15.9 Å². The van der Waals surface area contributed by atoms with Gasteiger partial charge in [0.15, 0.2) is 0 Å². The standard InChI is InChI=1S/C19H19BrN2O3/c1-2-25-18(24)19(9-4-10-19)14-7-8-16(21-12-14)22-17(23)13-5-3-6-15(20)11-13/h3,5-8,11-12H,2,4,9-10H2,1H3,(H,21,22,23). The number of carbonyl (C=O) groups excluding carboxylic acids is 2. The molecule has 0 unspecified atom stereocenters. The summed E-state index contributed by atoms with van der Waals surface area (Å²) in [4.78, 5) is 28.9. The fourth-order valence-corrected chi connectivity index (χ4v) is 3.38. The van der Waals surface area contributed by atoms with Gasteiger partial charge in [-0.2, -0.15) is 0 Å². The van der Waals surface area contributed by atoms with E-state index in [1.165, 1.54) is 0 Å². The normalized spacial score (nSPS) is 15.1. The van der Waals surface area contributed by atoms with Crippen molar-refractivity contribution >= 4 is 33.6 Å². The molecule has 1 aromatic heterocycles. The van der Waals surface area contributed by atoms with E-state index in [2.05, 4.69) is 26.2 Å². The summed E-state index contributed by atoms with van der Waals surface area (Å²) in [5.41, 5.74) is 0.815. The highest BCUT2D eigenvalue weighted by Gasteiger charge is 2.47. The summed E-state index contributed by atoms with van der Waals surface area (Å²) in [6.45, 7) is 2.18. The minimum atomic E-state index is -0.574. The van der Waals surface area contributed by atoms with E-state index in [0.717, 1.165) is 29.3 Å². The fourth-order valence-electron chi connectivity index (χ4n) is 2.98. The number of rotatable bonds is 5. The highest BCUT2D eigenvalue weighted by Crippen LogP contribution is 2.44. The van der Waals surface area contributed by atoms with Gasteiger partial charge in [0.25, 0.3) is 5.91 Å². The summed E-state index contributed by atoms with van der Waals surface area (Å²) in [7, 11) is 0. The molecule has 1 heterocycles. The minimum Gasteiger partial charge on any atom is -0.465 e. The third kappa shape index (κ3) is 3.58. The van der Waals surface area contributed by atoms with Crippen molar-refractivity contribution in [2.24, 2.45) is 0 Å². The number of pyridine rings is 1. The molecule has 1 N–H and O–H groups in total. The minimum absolute atomic E-state index is 0.186. The van der Waals surface area contributed by atoms with Crippen LogP contribution in [0.3, 0.4) is 0 Å². The molecule has 1 amide bonds. The van der Waals surface area contributed by atoms with E-state index in [1.54, 1.807) is 30.5 Å². The van der Waals surface area contributed by atoms with Gasteiger partial charge >= 0.3 is 5.97 Å². The second kappa shape index (κ2) is 7.35. The molecule has 130 valence electrons. The fraction of sp³-hybridized carbons (Fsp3) is 0.316. The molecule has 25 heavy (non-hydrogen) atoms. The average molecular weight is 403 g/mol. The number of nitrogens with zero attached hydrogens (tertiary/aromatic N) is 1. The topological polar surface area (TPSA) is 68.3 Å². The largest absolute Gasteiger partial charge is 0.465 e. The Balaban J connectivity index is 1.74. The molecular formula is C19H19BrN2O3. The Hall–Kier alpha value is -2.21. The molecular weight excluding hydrogens is 384 g/mol. The number of hydrogen-bond donors (Lipinski definition) is 1. The predicted octanol–water partition coefficient (Wildman–Crippen LogP) is 4.08. The number of aromatic nitrogens is 1. The Kier molecular flexibility index (Phi) is 5.18. The summed E-state index contributed by atoms with van der Waals surface area (Å²) in [5.74, 6) is 0.0336. The quantitative estimate of drug-likeness (QED) is 0.764. The number of hydrogen-bond acceptors (Lipinski definition) is 4. The molecule has 1 aliphatic rings. The van der Waals surface area contributed by atoms with E-state index in [9.17, 15) is 9.59 Å². The maximum absolute atomic E-state index is 12.3. The summed E-state index contributed by atoms with van der Waals surface area (Å²) in [6, 6.07) is 10.7. The number of halogens is 1. The highest BCUT2D eigenvalue weighted by atomic mass is 79.9. The predicted molar refractivity (Wildman–Crippen MR) is 98.5 cm³/mol. The van der Waals surface area contributed by atoms with Crippen LogP contribution in [0.25, 0.3) is 0 Å². The molecule has 1 fully saturated rings. The zero-order valence-corrected chi connectivity index (χ0v) is 15.5. The van der Waals surface area contributed by atoms with E-state index in [1.807, 2.05) is 19.1 Å². The van der Waals surface area contributed by atoms with Crippen LogP contribution in [0.15, 0.2) is 47.1 Å².